The highest BCUT2D eigenvalue weighted by Gasteiger charge is 2.13. The molecule has 0 aliphatic rings. The molecule has 3 rings (SSSR count). The average molecular weight is 421 g/mol. The molecule has 7 nitrogen and oxygen atoms in total. The Hall–Kier alpha value is -3.61. The average Bonchev–Trinajstić information content (AvgIpc) is 2.76. The standard InChI is InChI=1S/C24H27N3O4/c1-4-14-26-20-7-5-6-8-21(20)27(24(30)23(26)29)15-13-22(28)25-16-18-9-11-19(12-10-18)31-17(2)3/h4-12,17H,1,13-16H2,2-3H3,(H,25,28). The first-order chi connectivity index (χ1) is 14.9. The van der Waals surface area contributed by atoms with Crippen LogP contribution in [0, 0.1) is 0 Å². The van der Waals surface area contributed by atoms with E-state index in [0.29, 0.717) is 17.6 Å². The molecule has 0 bridgehead atoms. The number of aromatic nitrogens is 2. The summed E-state index contributed by atoms with van der Waals surface area (Å²) in [5.74, 6) is 0.580. The van der Waals surface area contributed by atoms with Gasteiger partial charge in [-0.2, -0.15) is 0 Å². The van der Waals surface area contributed by atoms with Crippen molar-refractivity contribution in [3.05, 3.63) is 87.5 Å². The summed E-state index contributed by atoms with van der Waals surface area (Å²) in [6.45, 7) is 8.32. The third-order valence-corrected chi connectivity index (χ3v) is 4.80. The molecule has 1 N–H and O–H groups in total. The summed E-state index contributed by atoms with van der Waals surface area (Å²) in [5, 5.41) is 2.85. The monoisotopic (exact) mass is 421 g/mol. The van der Waals surface area contributed by atoms with Crippen LogP contribution in [0.4, 0.5) is 0 Å². The second-order valence-electron chi connectivity index (χ2n) is 7.49. The molecule has 31 heavy (non-hydrogen) atoms. The topological polar surface area (TPSA) is 82.3 Å². The van der Waals surface area contributed by atoms with E-state index in [4.69, 9.17) is 4.74 Å². The van der Waals surface area contributed by atoms with Gasteiger partial charge in [0.05, 0.1) is 17.1 Å². The fourth-order valence-electron chi connectivity index (χ4n) is 3.36. The van der Waals surface area contributed by atoms with Gasteiger partial charge in [-0.1, -0.05) is 30.3 Å². The number of ether oxygens (including phenoxy) is 1. The second-order valence-corrected chi connectivity index (χ2v) is 7.49. The van der Waals surface area contributed by atoms with E-state index in [1.807, 2.05) is 38.1 Å². The summed E-state index contributed by atoms with van der Waals surface area (Å²) >= 11 is 0. The molecule has 0 radical (unpaired) electrons. The predicted octanol–water partition coefficient (Wildman–Crippen LogP) is 2.84. The molecule has 3 aromatic rings. The number of hydrogen-bond acceptors (Lipinski definition) is 4. The molecule has 1 amide bonds. The minimum absolute atomic E-state index is 0.0867. The van der Waals surface area contributed by atoms with Crippen molar-refractivity contribution in [3.63, 3.8) is 0 Å². The van der Waals surface area contributed by atoms with Crippen molar-refractivity contribution in [2.45, 2.75) is 46.0 Å². The zero-order valence-electron chi connectivity index (χ0n) is 17.8. The van der Waals surface area contributed by atoms with Crippen molar-refractivity contribution >= 4 is 16.9 Å². The van der Waals surface area contributed by atoms with Gasteiger partial charge in [0.2, 0.25) is 5.91 Å². The van der Waals surface area contributed by atoms with Gasteiger partial charge >= 0.3 is 11.1 Å². The number of carbonyl (C=O) groups is 1. The Morgan fingerprint density at radius 2 is 1.65 bits per heavy atom. The lowest BCUT2D eigenvalue weighted by atomic mass is 10.2. The zero-order chi connectivity index (χ0) is 22.4. The predicted molar refractivity (Wildman–Crippen MR) is 121 cm³/mol. The van der Waals surface area contributed by atoms with Crippen molar-refractivity contribution in [3.8, 4) is 5.75 Å². The van der Waals surface area contributed by atoms with E-state index < -0.39 is 11.1 Å². The van der Waals surface area contributed by atoms with Crippen LogP contribution < -0.4 is 21.2 Å². The van der Waals surface area contributed by atoms with E-state index in [-0.39, 0.29) is 31.5 Å². The number of benzene rings is 2. The highest BCUT2D eigenvalue weighted by atomic mass is 16.5. The molecule has 7 heteroatoms. The Labute approximate surface area is 180 Å². The van der Waals surface area contributed by atoms with Crippen LogP contribution in [0.5, 0.6) is 5.75 Å². The van der Waals surface area contributed by atoms with E-state index in [9.17, 15) is 14.4 Å². The van der Waals surface area contributed by atoms with Crippen molar-refractivity contribution in [1.82, 2.24) is 14.5 Å². The number of hydrogen-bond donors (Lipinski definition) is 1. The summed E-state index contributed by atoms with van der Waals surface area (Å²) in [5.41, 5.74) is 0.925. The van der Waals surface area contributed by atoms with Crippen LogP contribution in [0.2, 0.25) is 0 Å². The summed E-state index contributed by atoms with van der Waals surface area (Å²) in [6, 6.07) is 14.7. The number of nitrogens with zero attached hydrogens (tertiary/aromatic N) is 2. The van der Waals surface area contributed by atoms with Gasteiger partial charge in [-0.15, -0.1) is 6.58 Å². The first kappa shape index (κ1) is 22.1. The minimum Gasteiger partial charge on any atom is -0.491 e. The SMILES string of the molecule is C=CCn1c(=O)c(=O)n(CCC(=O)NCc2ccc(OC(C)C)cc2)c2ccccc21. The largest absolute Gasteiger partial charge is 0.491 e. The van der Waals surface area contributed by atoms with Gasteiger partial charge in [0.1, 0.15) is 5.75 Å². The van der Waals surface area contributed by atoms with Crippen molar-refractivity contribution in [2.75, 3.05) is 0 Å². The lowest BCUT2D eigenvalue weighted by Gasteiger charge is -2.14. The Balaban J connectivity index is 1.68. The number of aryl methyl sites for hydroxylation is 1. The highest BCUT2D eigenvalue weighted by Crippen LogP contribution is 2.14. The van der Waals surface area contributed by atoms with Gasteiger partial charge in [0.15, 0.2) is 0 Å². The number of para-hydroxylation sites is 2. The van der Waals surface area contributed by atoms with Gasteiger partial charge in [0, 0.05) is 26.1 Å². The maximum atomic E-state index is 12.6. The number of fused-ring (bicyclic) bond motifs is 1. The number of allylic oxidation sites excluding steroid dienone is 1. The van der Waals surface area contributed by atoms with Crippen molar-refractivity contribution in [1.29, 1.82) is 0 Å². The maximum absolute atomic E-state index is 12.6. The van der Waals surface area contributed by atoms with Crippen LogP contribution in [0.3, 0.4) is 0 Å². The summed E-state index contributed by atoms with van der Waals surface area (Å²) in [4.78, 5) is 37.5. The number of rotatable bonds is 9. The molecule has 0 aliphatic carbocycles. The van der Waals surface area contributed by atoms with Gasteiger partial charge < -0.3 is 14.6 Å². The zero-order valence-corrected chi connectivity index (χ0v) is 17.8. The Morgan fingerprint density at radius 3 is 2.26 bits per heavy atom. The highest BCUT2D eigenvalue weighted by molar-refractivity contribution is 5.77. The van der Waals surface area contributed by atoms with Gasteiger partial charge in [-0.3, -0.25) is 19.0 Å². The van der Waals surface area contributed by atoms with E-state index in [1.165, 1.54) is 9.13 Å². The Bertz CT molecular complexity index is 1190. The smallest absolute Gasteiger partial charge is 0.317 e. The van der Waals surface area contributed by atoms with Crippen LogP contribution in [0.25, 0.3) is 11.0 Å². The molecule has 1 heterocycles. The number of carbonyl (C=O) groups excluding carboxylic acids is 1. The van der Waals surface area contributed by atoms with Gasteiger partial charge in [-0.05, 0) is 43.7 Å². The molecule has 0 unspecified atom stereocenters. The number of nitrogens with one attached hydrogen (secondary N) is 1. The normalized spacial score (nSPS) is 10.9. The summed E-state index contributed by atoms with van der Waals surface area (Å²) in [6.07, 6.45) is 1.76. The molecule has 0 spiro atoms. The quantitative estimate of drug-likeness (QED) is 0.425. The van der Waals surface area contributed by atoms with Crippen LogP contribution >= 0.6 is 0 Å². The first-order valence-electron chi connectivity index (χ1n) is 10.3. The van der Waals surface area contributed by atoms with Crippen LogP contribution in [0.15, 0.2) is 70.8 Å². The van der Waals surface area contributed by atoms with Crippen molar-refractivity contribution in [2.24, 2.45) is 0 Å². The molecule has 0 saturated carbocycles. The van der Waals surface area contributed by atoms with E-state index in [2.05, 4.69) is 11.9 Å². The second kappa shape index (κ2) is 9.93. The Kier molecular flexibility index (Phi) is 7.07. The maximum Gasteiger partial charge on any atom is 0.317 e. The minimum atomic E-state index is -0.644. The molecule has 1 aromatic heterocycles. The molecule has 0 atom stereocenters. The lowest BCUT2D eigenvalue weighted by molar-refractivity contribution is -0.121. The van der Waals surface area contributed by atoms with E-state index >= 15 is 0 Å². The molecule has 0 saturated heterocycles. The van der Waals surface area contributed by atoms with E-state index in [1.54, 1.807) is 30.3 Å². The third-order valence-electron chi connectivity index (χ3n) is 4.80. The lowest BCUT2D eigenvalue weighted by Crippen LogP contribution is -2.42. The Morgan fingerprint density at radius 1 is 1.03 bits per heavy atom. The summed E-state index contributed by atoms with van der Waals surface area (Å²) in [7, 11) is 0. The molecular formula is C24H27N3O4. The van der Waals surface area contributed by atoms with Crippen molar-refractivity contribution < 1.29 is 9.53 Å². The van der Waals surface area contributed by atoms with Crippen LogP contribution in [0.1, 0.15) is 25.8 Å². The van der Waals surface area contributed by atoms with Gasteiger partial charge in [-0.25, -0.2) is 0 Å². The fraction of sp³-hybridized carbons (Fsp3) is 0.292. The first-order valence-corrected chi connectivity index (χ1v) is 10.3. The fourth-order valence-corrected chi connectivity index (χ4v) is 3.36. The molecular weight excluding hydrogens is 394 g/mol. The van der Waals surface area contributed by atoms with E-state index in [0.717, 1.165) is 11.3 Å². The van der Waals surface area contributed by atoms with Crippen LogP contribution in [-0.4, -0.2) is 21.1 Å². The molecule has 0 fully saturated rings. The third kappa shape index (κ3) is 5.31. The summed E-state index contributed by atoms with van der Waals surface area (Å²) < 4.78 is 8.38. The molecule has 2 aromatic carbocycles. The molecule has 0 aliphatic heterocycles. The number of amides is 1. The van der Waals surface area contributed by atoms with Gasteiger partial charge in [0.25, 0.3) is 0 Å². The van der Waals surface area contributed by atoms with Crippen LogP contribution in [-0.2, 0) is 24.4 Å². The molecule has 162 valence electrons.